The number of nitrogens with zero attached hydrogens (tertiary/aromatic N) is 2. The lowest BCUT2D eigenvalue weighted by Gasteiger charge is -2.12. The molecule has 0 unspecified atom stereocenters. The van der Waals surface area contributed by atoms with Gasteiger partial charge < -0.3 is 14.0 Å². The van der Waals surface area contributed by atoms with Crippen LogP contribution in [0.15, 0.2) is 78.9 Å². The Bertz CT molecular complexity index is 1580. The second kappa shape index (κ2) is 11.3. The summed E-state index contributed by atoms with van der Waals surface area (Å²) in [5.74, 6) is -0.809. The minimum absolute atomic E-state index is 0.00779. The van der Waals surface area contributed by atoms with Gasteiger partial charge in [-0.1, -0.05) is 41.9 Å². The Kier molecular flexibility index (Phi) is 7.67. The summed E-state index contributed by atoms with van der Waals surface area (Å²) in [6, 6.07) is 21.3. The van der Waals surface area contributed by atoms with E-state index in [0.717, 1.165) is 11.0 Å². The average molecular weight is 537 g/mol. The van der Waals surface area contributed by atoms with Gasteiger partial charge >= 0.3 is 0 Å². The van der Waals surface area contributed by atoms with Gasteiger partial charge in [0.1, 0.15) is 35.6 Å². The molecule has 0 bridgehead atoms. The number of methoxy groups -OCH3 is 1. The first-order valence-corrected chi connectivity index (χ1v) is 12.4. The first-order valence-electron chi connectivity index (χ1n) is 12.0. The van der Waals surface area contributed by atoms with E-state index in [1.807, 2.05) is 28.8 Å². The van der Waals surface area contributed by atoms with Gasteiger partial charge in [-0.2, -0.15) is 0 Å². The van der Waals surface area contributed by atoms with Crippen LogP contribution in [0.25, 0.3) is 22.2 Å². The van der Waals surface area contributed by atoms with E-state index in [9.17, 15) is 4.39 Å². The summed E-state index contributed by atoms with van der Waals surface area (Å²) in [5.41, 5.74) is 2.85. The maximum absolute atomic E-state index is 15.3. The van der Waals surface area contributed by atoms with Crippen LogP contribution >= 0.6 is 11.6 Å². The van der Waals surface area contributed by atoms with Crippen molar-refractivity contribution in [3.05, 3.63) is 118 Å². The Balaban J connectivity index is 1.39. The molecule has 0 aliphatic heterocycles. The van der Waals surface area contributed by atoms with E-state index in [1.54, 1.807) is 43.5 Å². The van der Waals surface area contributed by atoms with Crippen molar-refractivity contribution in [1.29, 1.82) is 0 Å². The largest absolute Gasteiger partial charge is 0.489 e. The number of aromatic nitrogens is 2. The average Bonchev–Trinajstić information content (AvgIpc) is 3.26. The molecule has 4 aromatic carbocycles. The number of hydrogen-bond donors (Lipinski definition) is 0. The van der Waals surface area contributed by atoms with Gasteiger partial charge in [0.2, 0.25) is 0 Å². The number of rotatable bonds is 9. The monoisotopic (exact) mass is 536 g/mol. The molecule has 4 nitrogen and oxygen atoms in total. The molecule has 1 aromatic heterocycles. The summed E-state index contributed by atoms with van der Waals surface area (Å²) in [6.45, 7) is 0.943. The molecule has 1 heterocycles. The lowest BCUT2D eigenvalue weighted by Crippen LogP contribution is -2.10. The van der Waals surface area contributed by atoms with Gasteiger partial charge in [-0.25, -0.2) is 18.2 Å². The summed E-state index contributed by atoms with van der Waals surface area (Å²) in [6.07, 6.45) is -0.00779. The van der Waals surface area contributed by atoms with E-state index in [0.29, 0.717) is 46.4 Å². The zero-order valence-corrected chi connectivity index (χ0v) is 21.3. The van der Waals surface area contributed by atoms with Gasteiger partial charge in [0, 0.05) is 36.2 Å². The first kappa shape index (κ1) is 25.8. The van der Waals surface area contributed by atoms with Crippen molar-refractivity contribution in [3.63, 3.8) is 0 Å². The summed E-state index contributed by atoms with van der Waals surface area (Å²) in [5, 5.41) is 0.299. The molecule has 194 valence electrons. The maximum atomic E-state index is 15.3. The van der Waals surface area contributed by atoms with Crippen LogP contribution in [0.4, 0.5) is 13.2 Å². The molecule has 0 radical (unpaired) electrons. The predicted molar refractivity (Wildman–Crippen MR) is 142 cm³/mol. The maximum Gasteiger partial charge on any atom is 0.131 e. The van der Waals surface area contributed by atoms with Crippen molar-refractivity contribution < 1.29 is 22.6 Å². The topological polar surface area (TPSA) is 36.3 Å². The highest BCUT2D eigenvalue weighted by Gasteiger charge is 2.18. The molecule has 0 aliphatic rings. The van der Waals surface area contributed by atoms with Crippen molar-refractivity contribution in [2.45, 2.75) is 19.6 Å². The van der Waals surface area contributed by atoms with Gasteiger partial charge in [-0.3, -0.25) is 0 Å². The van der Waals surface area contributed by atoms with Crippen LogP contribution in [-0.4, -0.2) is 23.3 Å². The van der Waals surface area contributed by atoms with E-state index in [-0.39, 0.29) is 18.6 Å². The molecular formula is C30H24ClF3N2O2. The highest BCUT2D eigenvalue weighted by molar-refractivity contribution is 6.30. The standard InChI is InChI=1S/C30H24ClF3N2O2/c1-37-12-11-36-29-8-3-2-7-28(29)35-30(36)17-24-26(33)14-21(15-27(24)34)19-5-4-6-23(13-19)38-18-20-9-10-22(31)16-25(20)32/h2-10,13-16H,11-12,17-18H2,1H3. The summed E-state index contributed by atoms with van der Waals surface area (Å²) < 4.78 is 57.5. The third kappa shape index (κ3) is 5.54. The molecule has 0 saturated heterocycles. The van der Waals surface area contributed by atoms with Gasteiger partial charge in [0.15, 0.2) is 0 Å². The molecule has 0 saturated carbocycles. The Morgan fingerprint density at radius 2 is 1.63 bits per heavy atom. The second-order valence-electron chi connectivity index (χ2n) is 8.81. The van der Waals surface area contributed by atoms with Gasteiger partial charge in [-0.15, -0.1) is 0 Å². The number of halogens is 4. The molecular weight excluding hydrogens is 513 g/mol. The SMILES string of the molecule is COCCn1c(Cc2c(F)cc(-c3cccc(OCc4ccc(Cl)cc4F)c3)cc2F)nc2ccccc21. The van der Waals surface area contributed by atoms with Crippen LogP contribution in [0.5, 0.6) is 5.75 Å². The number of imidazole rings is 1. The molecule has 38 heavy (non-hydrogen) atoms. The van der Waals surface area contributed by atoms with Crippen molar-refractivity contribution in [1.82, 2.24) is 9.55 Å². The minimum atomic E-state index is -0.667. The fraction of sp³-hybridized carbons (Fsp3) is 0.167. The van der Waals surface area contributed by atoms with Gasteiger partial charge in [-0.05, 0) is 59.7 Å². The number of para-hydroxylation sites is 2. The lowest BCUT2D eigenvalue weighted by molar-refractivity contribution is 0.187. The number of hydrogen-bond acceptors (Lipinski definition) is 3. The lowest BCUT2D eigenvalue weighted by atomic mass is 10.0. The third-order valence-corrected chi connectivity index (χ3v) is 6.54. The van der Waals surface area contributed by atoms with Crippen molar-refractivity contribution in [2.24, 2.45) is 0 Å². The smallest absolute Gasteiger partial charge is 0.131 e. The molecule has 8 heteroatoms. The highest BCUT2D eigenvalue weighted by atomic mass is 35.5. The Morgan fingerprint density at radius 3 is 2.39 bits per heavy atom. The summed E-state index contributed by atoms with van der Waals surface area (Å²) in [4.78, 5) is 4.62. The predicted octanol–water partition coefficient (Wildman–Crippen LogP) is 7.59. The Hall–Kier alpha value is -3.81. The van der Waals surface area contributed by atoms with Crippen molar-refractivity contribution >= 4 is 22.6 Å². The van der Waals surface area contributed by atoms with Crippen LogP contribution < -0.4 is 4.74 Å². The zero-order chi connectivity index (χ0) is 26.6. The fourth-order valence-electron chi connectivity index (χ4n) is 4.35. The zero-order valence-electron chi connectivity index (χ0n) is 20.6. The van der Waals surface area contributed by atoms with E-state index in [2.05, 4.69) is 4.98 Å². The number of benzene rings is 4. The summed E-state index contributed by atoms with van der Waals surface area (Å²) >= 11 is 5.80. The van der Waals surface area contributed by atoms with E-state index < -0.39 is 17.5 Å². The number of fused-ring (bicyclic) bond motifs is 1. The molecule has 0 N–H and O–H groups in total. The molecule has 0 atom stereocenters. The first-order chi connectivity index (χ1) is 18.4. The third-order valence-electron chi connectivity index (χ3n) is 6.31. The molecule has 0 aliphatic carbocycles. The van der Waals surface area contributed by atoms with E-state index >= 15 is 8.78 Å². The minimum Gasteiger partial charge on any atom is -0.489 e. The normalized spacial score (nSPS) is 11.3. The number of ether oxygens (including phenoxy) is 2. The van der Waals surface area contributed by atoms with Crippen LogP contribution in [-0.2, 0) is 24.3 Å². The fourth-order valence-corrected chi connectivity index (χ4v) is 4.51. The molecule has 5 aromatic rings. The van der Waals surface area contributed by atoms with E-state index in [4.69, 9.17) is 21.1 Å². The molecule has 0 fully saturated rings. The second-order valence-corrected chi connectivity index (χ2v) is 9.25. The molecule has 5 rings (SSSR count). The highest BCUT2D eigenvalue weighted by Crippen LogP contribution is 2.29. The van der Waals surface area contributed by atoms with E-state index in [1.165, 1.54) is 18.2 Å². The Morgan fingerprint density at radius 1 is 0.842 bits per heavy atom. The quantitative estimate of drug-likeness (QED) is 0.195. The van der Waals surface area contributed by atoms with Gasteiger partial charge in [0.05, 0.1) is 17.6 Å². The van der Waals surface area contributed by atoms with Gasteiger partial charge in [0.25, 0.3) is 0 Å². The van der Waals surface area contributed by atoms with Crippen molar-refractivity contribution in [2.75, 3.05) is 13.7 Å². The molecule has 0 spiro atoms. The van der Waals surface area contributed by atoms with Crippen molar-refractivity contribution in [3.8, 4) is 16.9 Å². The van der Waals surface area contributed by atoms with Crippen LogP contribution in [0.1, 0.15) is 17.0 Å². The Labute approximate surface area is 223 Å². The van der Waals surface area contributed by atoms with Crippen LogP contribution in [0, 0.1) is 17.5 Å². The van der Waals surface area contributed by atoms with Crippen LogP contribution in [0.3, 0.4) is 0 Å². The van der Waals surface area contributed by atoms with Crippen LogP contribution in [0.2, 0.25) is 5.02 Å². The summed E-state index contributed by atoms with van der Waals surface area (Å²) in [7, 11) is 1.60. The molecule has 0 amide bonds.